The first kappa shape index (κ1) is 16.1. The number of carboxylic acid groups (broad SMARTS) is 1. The maximum Gasteiger partial charge on any atom is 0.410 e. The van der Waals surface area contributed by atoms with Gasteiger partial charge in [-0.1, -0.05) is 12.1 Å². The topological polar surface area (TPSA) is 66.8 Å². The van der Waals surface area contributed by atoms with Gasteiger partial charge in [-0.15, -0.1) is 0 Å². The summed E-state index contributed by atoms with van der Waals surface area (Å²) in [6, 6.07) is 5.80. The Morgan fingerprint density at radius 1 is 1.27 bits per heavy atom. The lowest BCUT2D eigenvalue weighted by Gasteiger charge is -2.31. The number of carbonyl (C=O) groups excluding carboxylic acids is 1. The van der Waals surface area contributed by atoms with Gasteiger partial charge in [0.15, 0.2) is 0 Å². The fraction of sp³-hybridized carbons (Fsp3) is 0.412. The summed E-state index contributed by atoms with van der Waals surface area (Å²) in [5.74, 6) is -0.979. The number of rotatable bonds is 2. The highest BCUT2D eigenvalue weighted by atomic mass is 16.6. The van der Waals surface area contributed by atoms with Gasteiger partial charge in [0.05, 0.1) is 0 Å². The fourth-order valence-corrected chi connectivity index (χ4v) is 2.33. The van der Waals surface area contributed by atoms with E-state index in [-0.39, 0.29) is 6.09 Å². The zero-order valence-corrected chi connectivity index (χ0v) is 13.1. The van der Waals surface area contributed by atoms with Gasteiger partial charge >= 0.3 is 12.1 Å². The number of nitrogens with zero attached hydrogens (tertiary/aromatic N) is 1. The molecule has 0 saturated heterocycles. The van der Waals surface area contributed by atoms with Gasteiger partial charge in [0.25, 0.3) is 0 Å². The zero-order valence-electron chi connectivity index (χ0n) is 13.1. The van der Waals surface area contributed by atoms with Crippen LogP contribution in [-0.4, -0.2) is 34.2 Å². The van der Waals surface area contributed by atoms with E-state index in [4.69, 9.17) is 9.84 Å². The molecular formula is C17H21NO4. The van der Waals surface area contributed by atoms with Crippen molar-refractivity contribution in [1.82, 2.24) is 4.90 Å². The second-order valence-corrected chi connectivity index (χ2v) is 6.35. The van der Waals surface area contributed by atoms with Gasteiger partial charge in [-0.25, -0.2) is 9.59 Å². The molecular weight excluding hydrogens is 282 g/mol. The summed E-state index contributed by atoms with van der Waals surface area (Å²) in [5, 5.41) is 8.68. The molecule has 118 valence electrons. The number of hydrogen-bond donors (Lipinski definition) is 1. The second-order valence-electron chi connectivity index (χ2n) is 6.35. The lowest BCUT2D eigenvalue weighted by Crippen LogP contribution is -2.39. The minimum atomic E-state index is -0.979. The predicted octanol–water partition coefficient (Wildman–Crippen LogP) is 3.08. The van der Waals surface area contributed by atoms with Gasteiger partial charge in [-0.3, -0.25) is 0 Å². The highest BCUT2D eigenvalue weighted by Gasteiger charge is 2.25. The van der Waals surface area contributed by atoms with E-state index in [0.717, 1.165) is 23.6 Å². The van der Waals surface area contributed by atoms with Crippen LogP contribution in [0.25, 0.3) is 6.08 Å². The molecule has 0 atom stereocenters. The van der Waals surface area contributed by atoms with Crippen LogP contribution in [0.5, 0.6) is 0 Å². The first-order chi connectivity index (χ1) is 10.2. The normalized spacial score (nSPS) is 14.8. The summed E-state index contributed by atoms with van der Waals surface area (Å²) in [6.45, 7) is 6.65. The first-order valence-electron chi connectivity index (χ1n) is 7.25. The number of amides is 1. The molecule has 0 radical (unpaired) electrons. The van der Waals surface area contributed by atoms with E-state index in [9.17, 15) is 9.59 Å². The van der Waals surface area contributed by atoms with Gasteiger partial charge < -0.3 is 14.7 Å². The molecule has 0 aliphatic carbocycles. The summed E-state index contributed by atoms with van der Waals surface area (Å²) < 4.78 is 5.40. The number of ether oxygens (including phenoxy) is 1. The monoisotopic (exact) mass is 303 g/mol. The van der Waals surface area contributed by atoms with E-state index in [1.54, 1.807) is 11.0 Å². The third-order valence-electron chi connectivity index (χ3n) is 3.31. The predicted molar refractivity (Wildman–Crippen MR) is 83.5 cm³/mol. The van der Waals surface area contributed by atoms with Crippen LogP contribution in [-0.2, 0) is 22.5 Å². The minimum Gasteiger partial charge on any atom is -0.478 e. The molecule has 0 bridgehead atoms. The average Bonchev–Trinajstić information content (AvgIpc) is 2.42. The van der Waals surface area contributed by atoms with Gasteiger partial charge in [0.1, 0.15) is 5.60 Å². The molecule has 0 unspecified atom stereocenters. The molecule has 5 nitrogen and oxygen atoms in total. The third kappa shape index (κ3) is 4.35. The SMILES string of the molecule is CC(C)(C)OC(=O)N1CCc2ccc(C=CC(=O)O)cc2C1. The number of carbonyl (C=O) groups is 2. The van der Waals surface area contributed by atoms with E-state index < -0.39 is 11.6 Å². The van der Waals surface area contributed by atoms with Gasteiger partial charge in [0, 0.05) is 19.2 Å². The Balaban J connectivity index is 2.13. The maximum absolute atomic E-state index is 12.1. The zero-order chi connectivity index (χ0) is 16.3. The quantitative estimate of drug-likeness (QED) is 0.853. The van der Waals surface area contributed by atoms with Crippen LogP contribution in [0.4, 0.5) is 4.79 Å². The number of benzene rings is 1. The number of fused-ring (bicyclic) bond motifs is 1. The molecule has 0 saturated carbocycles. The van der Waals surface area contributed by atoms with E-state index in [2.05, 4.69) is 0 Å². The van der Waals surface area contributed by atoms with Crippen molar-refractivity contribution in [2.45, 2.75) is 39.3 Å². The molecule has 1 aliphatic rings. The van der Waals surface area contributed by atoms with Crippen molar-refractivity contribution in [3.8, 4) is 0 Å². The Labute approximate surface area is 130 Å². The van der Waals surface area contributed by atoms with Crippen molar-refractivity contribution < 1.29 is 19.4 Å². The van der Waals surface area contributed by atoms with Crippen LogP contribution < -0.4 is 0 Å². The second kappa shape index (κ2) is 6.22. The summed E-state index contributed by atoms with van der Waals surface area (Å²) in [5.41, 5.74) is 2.52. The Kier molecular flexibility index (Phi) is 4.54. The minimum absolute atomic E-state index is 0.315. The standard InChI is InChI=1S/C17H21NO4/c1-17(2,3)22-16(21)18-9-8-13-6-4-12(5-7-15(19)20)10-14(13)11-18/h4-7,10H,8-9,11H2,1-3H3,(H,19,20). The largest absolute Gasteiger partial charge is 0.478 e. The highest BCUT2D eigenvalue weighted by Crippen LogP contribution is 2.22. The van der Waals surface area contributed by atoms with Gasteiger partial charge in [-0.05, 0) is 56.0 Å². The van der Waals surface area contributed by atoms with Crippen molar-refractivity contribution in [1.29, 1.82) is 0 Å². The third-order valence-corrected chi connectivity index (χ3v) is 3.31. The molecule has 2 rings (SSSR count). The van der Waals surface area contributed by atoms with E-state index in [0.29, 0.717) is 13.1 Å². The molecule has 1 N–H and O–H groups in total. The van der Waals surface area contributed by atoms with Crippen LogP contribution in [0.1, 0.15) is 37.5 Å². The fourth-order valence-electron chi connectivity index (χ4n) is 2.33. The molecule has 5 heteroatoms. The molecule has 1 heterocycles. The maximum atomic E-state index is 12.1. The molecule has 0 spiro atoms. The smallest absolute Gasteiger partial charge is 0.410 e. The molecule has 1 amide bonds. The van der Waals surface area contributed by atoms with Gasteiger partial charge in [-0.2, -0.15) is 0 Å². The molecule has 22 heavy (non-hydrogen) atoms. The molecule has 0 aromatic heterocycles. The Morgan fingerprint density at radius 3 is 2.64 bits per heavy atom. The number of hydrogen-bond acceptors (Lipinski definition) is 3. The Bertz CT molecular complexity index is 614. The number of carboxylic acids is 1. The average molecular weight is 303 g/mol. The van der Waals surface area contributed by atoms with Crippen molar-refractivity contribution in [2.24, 2.45) is 0 Å². The molecule has 1 aromatic carbocycles. The first-order valence-corrected chi connectivity index (χ1v) is 7.25. The summed E-state index contributed by atoms with van der Waals surface area (Å²) >= 11 is 0. The lowest BCUT2D eigenvalue weighted by atomic mass is 9.97. The molecule has 1 aliphatic heterocycles. The van der Waals surface area contributed by atoms with Crippen LogP contribution in [0.3, 0.4) is 0 Å². The summed E-state index contributed by atoms with van der Waals surface area (Å²) in [4.78, 5) is 24.4. The van der Waals surface area contributed by atoms with Crippen molar-refractivity contribution in [3.63, 3.8) is 0 Å². The highest BCUT2D eigenvalue weighted by molar-refractivity contribution is 5.85. The summed E-state index contributed by atoms with van der Waals surface area (Å²) in [6.07, 6.45) is 3.12. The molecule has 0 fully saturated rings. The van der Waals surface area contributed by atoms with Crippen LogP contribution in [0.2, 0.25) is 0 Å². The Morgan fingerprint density at radius 2 is 2.00 bits per heavy atom. The van der Waals surface area contributed by atoms with Crippen molar-refractivity contribution in [2.75, 3.05) is 6.54 Å². The van der Waals surface area contributed by atoms with Crippen LogP contribution in [0, 0.1) is 0 Å². The summed E-state index contributed by atoms with van der Waals surface area (Å²) in [7, 11) is 0. The lowest BCUT2D eigenvalue weighted by molar-refractivity contribution is -0.131. The van der Waals surface area contributed by atoms with E-state index in [1.807, 2.05) is 39.0 Å². The van der Waals surface area contributed by atoms with E-state index in [1.165, 1.54) is 5.56 Å². The Hall–Kier alpha value is -2.30. The van der Waals surface area contributed by atoms with Crippen LogP contribution in [0.15, 0.2) is 24.3 Å². The van der Waals surface area contributed by atoms with Crippen LogP contribution >= 0.6 is 0 Å². The van der Waals surface area contributed by atoms with E-state index >= 15 is 0 Å². The van der Waals surface area contributed by atoms with Gasteiger partial charge in [0.2, 0.25) is 0 Å². The number of aliphatic carboxylic acids is 1. The van der Waals surface area contributed by atoms with Crippen molar-refractivity contribution >= 4 is 18.1 Å². The van der Waals surface area contributed by atoms with Crippen molar-refractivity contribution in [3.05, 3.63) is 41.0 Å². The molecule has 1 aromatic rings.